The third kappa shape index (κ3) is 4.73. The Bertz CT molecular complexity index is 1170. The van der Waals surface area contributed by atoms with Crippen LogP contribution in [0.25, 0.3) is 5.76 Å². The van der Waals surface area contributed by atoms with Gasteiger partial charge in [-0.3, -0.25) is 9.59 Å². The van der Waals surface area contributed by atoms with Gasteiger partial charge in [-0.05, 0) is 53.6 Å². The Kier molecular flexibility index (Phi) is 7.17. The molecule has 2 aliphatic rings. The maximum atomic E-state index is 13.6. The Morgan fingerprint density at radius 1 is 1.00 bits per heavy atom. The van der Waals surface area contributed by atoms with E-state index in [0.29, 0.717) is 11.3 Å². The van der Waals surface area contributed by atoms with Crippen LogP contribution in [0.1, 0.15) is 75.6 Å². The number of aliphatic hydroxyl groups excluding tert-OH is 1. The Morgan fingerprint density at radius 3 is 2.19 bits per heavy atom. The van der Waals surface area contributed by atoms with Crippen LogP contribution in [0.5, 0.6) is 5.75 Å². The van der Waals surface area contributed by atoms with Crippen molar-refractivity contribution in [2.75, 3.05) is 26.1 Å². The molecule has 6 nitrogen and oxygen atoms in total. The quantitative estimate of drug-likeness (QED) is 0.325. The van der Waals surface area contributed by atoms with Crippen molar-refractivity contribution >= 4 is 23.1 Å². The summed E-state index contributed by atoms with van der Waals surface area (Å²) < 4.78 is 5.57. The van der Waals surface area contributed by atoms with Crippen molar-refractivity contribution in [2.45, 2.75) is 70.4 Å². The van der Waals surface area contributed by atoms with E-state index in [1.54, 1.807) is 12.0 Å². The lowest BCUT2D eigenvalue weighted by atomic mass is 9.85. The Labute approximate surface area is 214 Å². The molecule has 1 amide bonds. The van der Waals surface area contributed by atoms with E-state index in [9.17, 15) is 14.7 Å². The van der Waals surface area contributed by atoms with Gasteiger partial charge >= 0.3 is 0 Å². The molecule has 1 N–H and O–H groups in total. The number of ether oxygens (including phenoxy) is 1. The maximum absolute atomic E-state index is 13.6. The molecule has 1 atom stereocenters. The van der Waals surface area contributed by atoms with Crippen molar-refractivity contribution in [1.29, 1.82) is 0 Å². The molecule has 192 valence electrons. The number of hydrogen-bond acceptors (Lipinski definition) is 5. The van der Waals surface area contributed by atoms with Crippen LogP contribution < -0.4 is 9.64 Å². The Morgan fingerprint density at radius 2 is 1.64 bits per heavy atom. The minimum absolute atomic E-state index is 0.0261. The summed E-state index contributed by atoms with van der Waals surface area (Å²) in [5.74, 6) is -0.888. The van der Waals surface area contributed by atoms with Crippen molar-refractivity contribution in [3.8, 4) is 5.75 Å². The second-order valence-electron chi connectivity index (χ2n) is 11.1. The van der Waals surface area contributed by atoms with Gasteiger partial charge in [-0.15, -0.1) is 0 Å². The molecule has 2 fully saturated rings. The molecule has 0 bridgehead atoms. The third-order valence-electron chi connectivity index (χ3n) is 7.49. The van der Waals surface area contributed by atoms with E-state index in [1.165, 1.54) is 0 Å². The number of likely N-dealkylation sites (tertiary alicyclic amines) is 1. The van der Waals surface area contributed by atoms with Gasteiger partial charge < -0.3 is 19.6 Å². The van der Waals surface area contributed by atoms with E-state index < -0.39 is 17.7 Å². The van der Waals surface area contributed by atoms with Crippen LogP contribution in [0.15, 0.2) is 48.0 Å². The fourth-order valence-electron chi connectivity index (χ4n) is 5.37. The summed E-state index contributed by atoms with van der Waals surface area (Å²) in [4.78, 5) is 30.8. The zero-order valence-electron chi connectivity index (χ0n) is 22.3. The highest BCUT2D eigenvalue weighted by atomic mass is 16.5. The minimum atomic E-state index is -0.646. The number of rotatable bonds is 5. The fourth-order valence-corrected chi connectivity index (χ4v) is 5.37. The van der Waals surface area contributed by atoms with Gasteiger partial charge in [0.15, 0.2) is 0 Å². The predicted octanol–water partition coefficient (Wildman–Crippen LogP) is 5.81. The molecule has 36 heavy (non-hydrogen) atoms. The molecule has 1 aliphatic carbocycles. The summed E-state index contributed by atoms with van der Waals surface area (Å²) in [6.07, 6.45) is 4.92. The van der Waals surface area contributed by atoms with Crippen molar-refractivity contribution in [1.82, 2.24) is 4.90 Å². The van der Waals surface area contributed by atoms with E-state index in [0.717, 1.165) is 48.9 Å². The standard InChI is InChI=1S/C30H38N2O4/c1-30(2,3)20-14-17-24(36-6)23(18-20)27(33)25-26(19-12-15-21(16-13-19)31(4)5)32(29(35)28(25)34)22-10-8-7-9-11-22/h12-18,22,26,33H,7-11H2,1-6H3/b27-25+. The number of aliphatic hydroxyl groups is 1. The van der Waals surface area contributed by atoms with Crippen LogP contribution in [0.2, 0.25) is 0 Å². The first-order valence-corrected chi connectivity index (χ1v) is 12.8. The van der Waals surface area contributed by atoms with E-state index >= 15 is 0 Å². The molecule has 1 saturated heterocycles. The van der Waals surface area contributed by atoms with Gasteiger partial charge in [0.25, 0.3) is 11.7 Å². The molecule has 0 radical (unpaired) electrons. The number of methoxy groups -OCH3 is 1. The molecule has 0 spiro atoms. The molecule has 1 aliphatic heterocycles. The summed E-state index contributed by atoms with van der Waals surface area (Å²) in [6.45, 7) is 6.27. The van der Waals surface area contributed by atoms with Crippen molar-refractivity contribution in [3.05, 3.63) is 64.7 Å². The number of amides is 1. The number of anilines is 1. The average Bonchev–Trinajstić information content (AvgIpc) is 3.13. The molecule has 1 saturated carbocycles. The normalized spacial score (nSPS) is 20.6. The summed E-state index contributed by atoms with van der Waals surface area (Å²) in [6, 6.07) is 12.9. The second-order valence-corrected chi connectivity index (χ2v) is 11.1. The number of carbonyl (C=O) groups is 2. The van der Waals surface area contributed by atoms with Gasteiger partial charge in [-0.1, -0.05) is 58.2 Å². The van der Waals surface area contributed by atoms with Gasteiger partial charge in [0, 0.05) is 25.8 Å². The largest absolute Gasteiger partial charge is 0.507 e. The molecular formula is C30H38N2O4. The summed E-state index contributed by atoms with van der Waals surface area (Å²) in [7, 11) is 5.48. The van der Waals surface area contributed by atoms with E-state index in [1.807, 2.05) is 61.5 Å². The lowest BCUT2D eigenvalue weighted by Gasteiger charge is -2.35. The van der Waals surface area contributed by atoms with E-state index in [2.05, 4.69) is 20.8 Å². The number of hydrogen-bond donors (Lipinski definition) is 1. The number of ketones is 1. The van der Waals surface area contributed by atoms with Crippen LogP contribution in [0.4, 0.5) is 5.69 Å². The molecule has 1 unspecified atom stereocenters. The summed E-state index contributed by atoms with van der Waals surface area (Å²) >= 11 is 0. The number of carbonyl (C=O) groups excluding carboxylic acids is 2. The molecule has 2 aromatic carbocycles. The highest BCUT2D eigenvalue weighted by Crippen LogP contribution is 2.44. The number of Topliss-reactive ketones (excluding diaryl/α,β-unsaturated/α-hetero) is 1. The van der Waals surface area contributed by atoms with Crippen LogP contribution >= 0.6 is 0 Å². The van der Waals surface area contributed by atoms with Crippen molar-refractivity contribution < 1.29 is 19.4 Å². The summed E-state index contributed by atoms with van der Waals surface area (Å²) in [5, 5.41) is 11.7. The molecule has 2 aromatic rings. The molecule has 0 aromatic heterocycles. The first-order valence-electron chi connectivity index (χ1n) is 12.8. The number of nitrogens with zero attached hydrogens (tertiary/aromatic N) is 2. The topological polar surface area (TPSA) is 70.1 Å². The van der Waals surface area contributed by atoms with Crippen LogP contribution in [0.3, 0.4) is 0 Å². The van der Waals surface area contributed by atoms with E-state index in [-0.39, 0.29) is 22.8 Å². The zero-order chi connectivity index (χ0) is 26.2. The number of benzene rings is 2. The van der Waals surface area contributed by atoms with Crippen molar-refractivity contribution in [2.24, 2.45) is 0 Å². The monoisotopic (exact) mass is 490 g/mol. The second kappa shape index (κ2) is 10.00. The average molecular weight is 491 g/mol. The zero-order valence-corrected chi connectivity index (χ0v) is 22.3. The van der Waals surface area contributed by atoms with Gasteiger partial charge in [0.2, 0.25) is 0 Å². The Balaban J connectivity index is 1.92. The van der Waals surface area contributed by atoms with Crippen LogP contribution in [-0.2, 0) is 15.0 Å². The highest BCUT2D eigenvalue weighted by Gasteiger charge is 2.49. The molecular weight excluding hydrogens is 452 g/mol. The minimum Gasteiger partial charge on any atom is -0.507 e. The van der Waals surface area contributed by atoms with E-state index in [4.69, 9.17) is 4.74 Å². The van der Waals surface area contributed by atoms with Crippen molar-refractivity contribution in [3.63, 3.8) is 0 Å². The smallest absolute Gasteiger partial charge is 0.295 e. The lowest BCUT2D eigenvalue weighted by molar-refractivity contribution is -0.141. The summed E-state index contributed by atoms with van der Waals surface area (Å²) in [5.41, 5.74) is 3.23. The van der Waals surface area contributed by atoms with Gasteiger partial charge in [0.1, 0.15) is 11.5 Å². The van der Waals surface area contributed by atoms with Crippen LogP contribution in [-0.4, -0.2) is 48.9 Å². The van der Waals surface area contributed by atoms with Gasteiger partial charge in [-0.25, -0.2) is 0 Å². The first-order chi connectivity index (χ1) is 17.0. The third-order valence-corrected chi connectivity index (χ3v) is 7.49. The van der Waals surface area contributed by atoms with Gasteiger partial charge in [-0.2, -0.15) is 0 Å². The van der Waals surface area contributed by atoms with Crippen LogP contribution in [0, 0.1) is 0 Å². The Hall–Kier alpha value is -3.28. The molecule has 6 heteroatoms. The maximum Gasteiger partial charge on any atom is 0.295 e. The molecule has 4 rings (SSSR count). The first kappa shape index (κ1) is 25.8. The molecule has 1 heterocycles. The fraction of sp³-hybridized carbons (Fsp3) is 0.467. The lowest BCUT2D eigenvalue weighted by Crippen LogP contribution is -2.40. The SMILES string of the molecule is COc1ccc(C(C)(C)C)cc1/C(O)=C1\C(=O)C(=O)N(C2CCCCC2)C1c1ccc(N(C)C)cc1. The highest BCUT2D eigenvalue weighted by molar-refractivity contribution is 6.46. The predicted molar refractivity (Wildman–Crippen MR) is 143 cm³/mol. The van der Waals surface area contributed by atoms with Gasteiger partial charge in [0.05, 0.1) is 24.3 Å².